The van der Waals surface area contributed by atoms with Crippen LogP contribution in [0, 0.1) is 0 Å². The quantitative estimate of drug-likeness (QED) is 0.229. The number of para-hydroxylation sites is 1. The van der Waals surface area contributed by atoms with Crippen LogP contribution in [-0.2, 0) is 6.18 Å². The Morgan fingerprint density at radius 2 is 1.52 bits per heavy atom. The molecule has 1 saturated heterocycles. The van der Waals surface area contributed by atoms with E-state index in [9.17, 15) is 18.0 Å². The lowest BCUT2D eigenvalue weighted by atomic mass is 10.0. The number of anilines is 1. The van der Waals surface area contributed by atoms with Crippen molar-refractivity contribution in [1.82, 2.24) is 19.4 Å². The minimum absolute atomic E-state index is 0.130. The van der Waals surface area contributed by atoms with Gasteiger partial charge in [0.25, 0.3) is 5.56 Å². The standard InChI is InChI=1S/C33H26F3N5O/c1-39-12-14-40(15-13-39)30-10-8-25(18-27(30)33(34,35)36)41-31(42)11-7-23-19-38-29-9-6-21(17-26(29)32(23)41)24-16-22-4-2-3-5-28(22)37-20-24/h2-11,16-20H,12-15H2,1H3. The maximum Gasteiger partial charge on any atom is 0.418 e. The van der Waals surface area contributed by atoms with Crippen LogP contribution in [0.4, 0.5) is 18.9 Å². The molecule has 0 radical (unpaired) electrons. The fourth-order valence-corrected chi connectivity index (χ4v) is 5.79. The molecule has 7 rings (SSSR count). The Morgan fingerprint density at radius 3 is 2.33 bits per heavy atom. The predicted octanol–water partition coefficient (Wildman–Crippen LogP) is 6.52. The average molecular weight is 566 g/mol. The molecule has 42 heavy (non-hydrogen) atoms. The summed E-state index contributed by atoms with van der Waals surface area (Å²) in [6.45, 7) is 2.34. The molecular formula is C33H26F3N5O. The smallest absolute Gasteiger partial charge is 0.368 e. The van der Waals surface area contributed by atoms with E-state index in [2.05, 4.69) is 14.9 Å². The van der Waals surface area contributed by atoms with Crippen LogP contribution >= 0.6 is 0 Å². The summed E-state index contributed by atoms with van der Waals surface area (Å²) in [6.07, 6.45) is -1.15. The number of hydrogen-bond acceptors (Lipinski definition) is 5. The van der Waals surface area contributed by atoms with E-state index in [0.717, 1.165) is 28.1 Å². The van der Waals surface area contributed by atoms with E-state index >= 15 is 0 Å². The molecule has 1 aliphatic rings. The minimum atomic E-state index is -4.59. The third-order valence-corrected chi connectivity index (χ3v) is 8.03. The number of rotatable bonds is 3. The van der Waals surface area contributed by atoms with Crippen molar-refractivity contribution in [3.8, 4) is 16.8 Å². The van der Waals surface area contributed by atoms with Crippen molar-refractivity contribution in [2.45, 2.75) is 6.18 Å². The highest BCUT2D eigenvalue weighted by Crippen LogP contribution is 2.39. The molecule has 9 heteroatoms. The Hall–Kier alpha value is -4.76. The lowest BCUT2D eigenvalue weighted by Gasteiger charge is -2.35. The molecule has 6 aromatic rings. The molecule has 0 saturated carbocycles. The minimum Gasteiger partial charge on any atom is -0.368 e. The summed E-state index contributed by atoms with van der Waals surface area (Å²) in [6, 6.07) is 22.8. The molecule has 3 aromatic carbocycles. The first-order valence-electron chi connectivity index (χ1n) is 13.7. The Bertz CT molecular complexity index is 2040. The number of piperazine rings is 1. The highest BCUT2D eigenvalue weighted by Gasteiger charge is 2.36. The predicted molar refractivity (Wildman–Crippen MR) is 160 cm³/mol. The van der Waals surface area contributed by atoms with Gasteiger partial charge < -0.3 is 9.80 Å². The highest BCUT2D eigenvalue weighted by atomic mass is 19.4. The number of aromatic nitrogens is 3. The fourth-order valence-electron chi connectivity index (χ4n) is 5.79. The molecule has 1 aliphatic heterocycles. The van der Waals surface area contributed by atoms with Gasteiger partial charge in [0.1, 0.15) is 0 Å². The van der Waals surface area contributed by atoms with E-state index in [1.54, 1.807) is 29.4 Å². The first-order chi connectivity index (χ1) is 20.3. The second kappa shape index (κ2) is 9.95. The maximum absolute atomic E-state index is 14.5. The molecule has 0 aliphatic carbocycles. The molecule has 0 atom stereocenters. The highest BCUT2D eigenvalue weighted by molar-refractivity contribution is 6.05. The van der Waals surface area contributed by atoms with Crippen molar-refractivity contribution in [1.29, 1.82) is 0 Å². The Labute approximate surface area is 239 Å². The first-order valence-corrected chi connectivity index (χ1v) is 13.7. The SMILES string of the molecule is CN1CCN(c2ccc(-n3c(=O)ccc4cnc5ccc(-c6cnc7ccccc7c6)cc5c43)cc2C(F)(F)F)CC1. The molecule has 0 bridgehead atoms. The second-order valence-corrected chi connectivity index (χ2v) is 10.7. The van der Waals surface area contributed by atoms with Crippen molar-refractivity contribution < 1.29 is 13.2 Å². The molecule has 0 unspecified atom stereocenters. The summed E-state index contributed by atoms with van der Waals surface area (Å²) in [7, 11) is 1.96. The molecule has 0 amide bonds. The topological polar surface area (TPSA) is 54.3 Å². The number of alkyl halides is 3. The van der Waals surface area contributed by atoms with E-state index in [4.69, 9.17) is 0 Å². The lowest BCUT2D eigenvalue weighted by molar-refractivity contribution is -0.137. The van der Waals surface area contributed by atoms with Crippen LogP contribution in [0.5, 0.6) is 0 Å². The van der Waals surface area contributed by atoms with E-state index in [0.29, 0.717) is 48.0 Å². The van der Waals surface area contributed by atoms with Crippen LogP contribution in [0.2, 0.25) is 0 Å². The molecule has 0 N–H and O–H groups in total. The van der Waals surface area contributed by atoms with Gasteiger partial charge in [-0.05, 0) is 61.1 Å². The Kier molecular flexibility index (Phi) is 6.20. The molecular weight excluding hydrogens is 539 g/mol. The Balaban J connectivity index is 1.43. The first kappa shape index (κ1) is 26.2. The van der Waals surface area contributed by atoms with Crippen LogP contribution in [-0.4, -0.2) is 52.7 Å². The summed E-state index contributed by atoms with van der Waals surface area (Å²) in [5.41, 5.74) is 2.86. The van der Waals surface area contributed by atoms with Gasteiger partial charge in [0, 0.05) is 72.0 Å². The number of fused-ring (bicyclic) bond motifs is 4. The van der Waals surface area contributed by atoms with Crippen LogP contribution in [0.3, 0.4) is 0 Å². The van der Waals surface area contributed by atoms with E-state index in [1.807, 2.05) is 55.6 Å². The molecule has 6 nitrogen and oxygen atoms in total. The average Bonchev–Trinajstić information content (AvgIpc) is 3.00. The Morgan fingerprint density at radius 1 is 0.738 bits per heavy atom. The number of hydrogen-bond donors (Lipinski definition) is 0. The lowest BCUT2D eigenvalue weighted by Crippen LogP contribution is -2.45. The van der Waals surface area contributed by atoms with Gasteiger partial charge in [-0.25, -0.2) is 0 Å². The summed E-state index contributed by atoms with van der Waals surface area (Å²) in [5, 5.41) is 2.29. The van der Waals surface area contributed by atoms with Gasteiger partial charge in [0.05, 0.1) is 27.8 Å². The van der Waals surface area contributed by atoms with Crippen LogP contribution < -0.4 is 10.5 Å². The summed E-state index contributed by atoms with van der Waals surface area (Å²) in [5.74, 6) is 0. The normalized spacial score (nSPS) is 14.7. The number of halogens is 3. The van der Waals surface area contributed by atoms with Gasteiger partial charge in [0.15, 0.2) is 0 Å². The molecule has 0 spiro atoms. The van der Waals surface area contributed by atoms with Gasteiger partial charge in [-0.2, -0.15) is 13.2 Å². The van der Waals surface area contributed by atoms with Crippen molar-refractivity contribution in [2.75, 3.05) is 38.1 Å². The van der Waals surface area contributed by atoms with Crippen LogP contribution in [0.1, 0.15) is 5.56 Å². The van der Waals surface area contributed by atoms with Gasteiger partial charge in [-0.15, -0.1) is 0 Å². The number of likely N-dealkylation sites (N-methyl/N-ethyl adjacent to an activating group) is 1. The molecule has 210 valence electrons. The summed E-state index contributed by atoms with van der Waals surface area (Å²) < 4.78 is 44.7. The van der Waals surface area contributed by atoms with Crippen molar-refractivity contribution >= 4 is 38.4 Å². The van der Waals surface area contributed by atoms with Gasteiger partial charge >= 0.3 is 6.18 Å². The van der Waals surface area contributed by atoms with E-state index in [1.165, 1.54) is 16.7 Å². The molecule has 3 aromatic heterocycles. The largest absolute Gasteiger partial charge is 0.418 e. The van der Waals surface area contributed by atoms with Crippen molar-refractivity contribution in [3.05, 3.63) is 107 Å². The maximum atomic E-state index is 14.5. The van der Waals surface area contributed by atoms with Gasteiger partial charge in [-0.3, -0.25) is 19.3 Å². The number of pyridine rings is 3. The van der Waals surface area contributed by atoms with Crippen molar-refractivity contribution in [3.63, 3.8) is 0 Å². The third kappa shape index (κ3) is 4.55. The third-order valence-electron chi connectivity index (χ3n) is 8.03. The number of nitrogens with zero attached hydrogens (tertiary/aromatic N) is 5. The van der Waals surface area contributed by atoms with Crippen LogP contribution in [0.25, 0.3) is 49.5 Å². The molecule has 1 fully saturated rings. The van der Waals surface area contributed by atoms with Gasteiger partial charge in [0.2, 0.25) is 0 Å². The number of benzene rings is 3. The van der Waals surface area contributed by atoms with E-state index < -0.39 is 17.3 Å². The summed E-state index contributed by atoms with van der Waals surface area (Å²) >= 11 is 0. The van der Waals surface area contributed by atoms with Gasteiger partial charge in [-0.1, -0.05) is 24.3 Å². The monoisotopic (exact) mass is 565 g/mol. The fraction of sp³-hybridized carbons (Fsp3) is 0.182. The second-order valence-electron chi connectivity index (χ2n) is 10.7. The zero-order chi connectivity index (χ0) is 29.0. The van der Waals surface area contributed by atoms with Crippen LogP contribution in [0.15, 0.2) is 96.1 Å². The van der Waals surface area contributed by atoms with Crippen molar-refractivity contribution in [2.24, 2.45) is 0 Å². The zero-order valence-corrected chi connectivity index (χ0v) is 22.8. The molecule has 4 heterocycles. The zero-order valence-electron chi connectivity index (χ0n) is 22.8. The summed E-state index contributed by atoms with van der Waals surface area (Å²) in [4.78, 5) is 26.4. The van der Waals surface area contributed by atoms with E-state index in [-0.39, 0.29) is 11.4 Å².